The summed E-state index contributed by atoms with van der Waals surface area (Å²) in [5, 5.41) is 13.0. The van der Waals surface area contributed by atoms with Crippen LogP contribution in [0.15, 0.2) is 0 Å². The van der Waals surface area contributed by atoms with Gasteiger partial charge in [-0.2, -0.15) is 0 Å². The molecule has 2 heteroatoms. The fourth-order valence-corrected chi connectivity index (χ4v) is 2.34. The molecule has 1 saturated carbocycles. The Balaban J connectivity index is 2.50. The van der Waals surface area contributed by atoms with Gasteiger partial charge in [-0.15, -0.1) is 0 Å². The van der Waals surface area contributed by atoms with E-state index in [1.54, 1.807) is 0 Å². The molecule has 0 bridgehead atoms. The van der Waals surface area contributed by atoms with Gasteiger partial charge in [-0.3, -0.25) is 0 Å². The average Bonchev–Trinajstić information content (AvgIpc) is 2.48. The van der Waals surface area contributed by atoms with Gasteiger partial charge in [-0.05, 0) is 38.5 Å². The molecule has 13 heavy (non-hydrogen) atoms. The molecule has 2 N–H and O–H groups in total. The van der Waals surface area contributed by atoms with E-state index in [1.807, 2.05) is 0 Å². The van der Waals surface area contributed by atoms with Crippen molar-refractivity contribution in [2.45, 2.75) is 58.0 Å². The molecule has 1 aliphatic rings. The second kappa shape index (κ2) is 4.43. The van der Waals surface area contributed by atoms with Crippen LogP contribution in [0.3, 0.4) is 0 Å². The van der Waals surface area contributed by atoms with Crippen molar-refractivity contribution in [3.63, 3.8) is 0 Å². The Morgan fingerprint density at radius 2 is 2.31 bits per heavy atom. The Morgan fingerprint density at radius 3 is 2.69 bits per heavy atom. The highest BCUT2D eigenvalue weighted by atomic mass is 16.3. The van der Waals surface area contributed by atoms with Crippen LogP contribution in [0.5, 0.6) is 0 Å². The van der Waals surface area contributed by atoms with E-state index < -0.39 is 0 Å². The quantitative estimate of drug-likeness (QED) is 0.701. The third-order valence-corrected chi connectivity index (χ3v) is 3.32. The van der Waals surface area contributed by atoms with Crippen LogP contribution in [0.2, 0.25) is 0 Å². The molecule has 0 aliphatic heterocycles. The summed E-state index contributed by atoms with van der Waals surface area (Å²) in [4.78, 5) is 0. The van der Waals surface area contributed by atoms with E-state index in [0.717, 1.165) is 25.2 Å². The Morgan fingerprint density at radius 1 is 1.62 bits per heavy atom. The topological polar surface area (TPSA) is 32.3 Å². The Kier molecular flexibility index (Phi) is 3.74. The Bertz CT molecular complexity index is 160. The van der Waals surface area contributed by atoms with Crippen molar-refractivity contribution in [3.05, 3.63) is 0 Å². The molecule has 1 fully saturated rings. The molecule has 1 aliphatic carbocycles. The van der Waals surface area contributed by atoms with Crippen molar-refractivity contribution in [1.29, 1.82) is 0 Å². The maximum Gasteiger partial charge on any atom is 0.0613 e. The van der Waals surface area contributed by atoms with Crippen molar-refractivity contribution >= 4 is 0 Å². The van der Waals surface area contributed by atoms with Gasteiger partial charge in [0.05, 0.1) is 6.61 Å². The van der Waals surface area contributed by atoms with Crippen LogP contribution in [0, 0.1) is 5.92 Å². The lowest BCUT2D eigenvalue weighted by molar-refractivity contribution is 0.149. The summed E-state index contributed by atoms with van der Waals surface area (Å²) in [5.74, 6) is 0.767. The second-order valence-electron chi connectivity index (χ2n) is 4.74. The maximum atomic E-state index is 9.42. The molecule has 78 valence electrons. The SMILES string of the molecule is CCC(C)NC1(CO)CCC(C)C1. The van der Waals surface area contributed by atoms with Gasteiger partial charge in [-0.25, -0.2) is 0 Å². The normalized spacial score (nSPS) is 36.5. The number of rotatable bonds is 4. The third kappa shape index (κ3) is 2.68. The molecule has 0 aromatic heterocycles. The zero-order chi connectivity index (χ0) is 9.90. The minimum absolute atomic E-state index is 0.0366. The maximum absolute atomic E-state index is 9.42. The van der Waals surface area contributed by atoms with Gasteiger partial charge in [0.25, 0.3) is 0 Å². The predicted octanol–water partition coefficient (Wildman–Crippen LogP) is 1.93. The predicted molar refractivity (Wildman–Crippen MR) is 55.7 cm³/mol. The van der Waals surface area contributed by atoms with Gasteiger partial charge < -0.3 is 10.4 Å². The first-order valence-corrected chi connectivity index (χ1v) is 5.50. The highest BCUT2D eigenvalue weighted by Crippen LogP contribution is 2.34. The summed E-state index contributed by atoms with van der Waals surface area (Å²) in [7, 11) is 0. The Labute approximate surface area is 81.7 Å². The van der Waals surface area contributed by atoms with E-state index in [0.29, 0.717) is 12.6 Å². The fraction of sp³-hybridized carbons (Fsp3) is 1.00. The number of aliphatic hydroxyl groups excluding tert-OH is 1. The zero-order valence-corrected chi connectivity index (χ0v) is 9.14. The van der Waals surface area contributed by atoms with Crippen molar-refractivity contribution < 1.29 is 5.11 Å². The number of hydrogen-bond donors (Lipinski definition) is 2. The lowest BCUT2D eigenvalue weighted by atomic mass is 9.96. The van der Waals surface area contributed by atoms with E-state index >= 15 is 0 Å². The van der Waals surface area contributed by atoms with Crippen molar-refractivity contribution in [1.82, 2.24) is 5.32 Å². The van der Waals surface area contributed by atoms with E-state index in [2.05, 4.69) is 26.1 Å². The van der Waals surface area contributed by atoms with Gasteiger partial charge in [0.15, 0.2) is 0 Å². The smallest absolute Gasteiger partial charge is 0.0613 e. The van der Waals surface area contributed by atoms with Crippen LogP contribution >= 0.6 is 0 Å². The van der Waals surface area contributed by atoms with Crippen LogP contribution in [0.1, 0.15) is 46.5 Å². The van der Waals surface area contributed by atoms with Gasteiger partial charge in [0.2, 0.25) is 0 Å². The first-order chi connectivity index (χ1) is 6.12. The zero-order valence-electron chi connectivity index (χ0n) is 9.14. The summed E-state index contributed by atoms with van der Waals surface area (Å²) in [5.41, 5.74) is 0.0366. The second-order valence-corrected chi connectivity index (χ2v) is 4.74. The molecule has 1 rings (SSSR count). The van der Waals surface area contributed by atoms with Gasteiger partial charge >= 0.3 is 0 Å². The molecule has 0 aromatic rings. The number of aliphatic hydroxyl groups is 1. The van der Waals surface area contributed by atoms with E-state index in [9.17, 15) is 5.11 Å². The minimum Gasteiger partial charge on any atom is -0.394 e. The van der Waals surface area contributed by atoms with E-state index in [4.69, 9.17) is 0 Å². The summed E-state index contributed by atoms with van der Waals surface area (Å²) in [6.45, 7) is 6.94. The van der Waals surface area contributed by atoms with E-state index in [1.165, 1.54) is 6.42 Å². The molecule has 3 unspecified atom stereocenters. The minimum atomic E-state index is 0.0366. The summed E-state index contributed by atoms with van der Waals surface area (Å²) < 4.78 is 0. The molecule has 0 saturated heterocycles. The van der Waals surface area contributed by atoms with Crippen molar-refractivity contribution in [2.75, 3.05) is 6.61 Å². The summed E-state index contributed by atoms with van der Waals surface area (Å²) in [6.07, 6.45) is 4.66. The molecule has 0 heterocycles. The van der Waals surface area contributed by atoms with Crippen LogP contribution in [-0.4, -0.2) is 23.3 Å². The highest BCUT2D eigenvalue weighted by molar-refractivity contribution is 4.95. The highest BCUT2D eigenvalue weighted by Gasteiger charge is 2.37. The monoisotopic (exact) mass is 185 g/mol. The molecule has 0 aromatic carbocycles. The average molecular weight is 185 g/mol. The van der Waals surface area contributed by atoms with Gasteiger partial charge in [0.1, 0.15) is 0 Å². The molecule has 0 spiro atoms. The van der Waals surface area contributed by atoms with Gasteiger partial charge in [-0.1, -0.05) is 13.8 Å². The van der Waals surface area contributed by atoms with E-state index in [-0.39, 0.29) is 5.54 Å². The van der Waals surface area contributed by atoms with Crippen molar-refractivity contribution in [3.8, 4) is 0 Å². The van der Waals surface area contributed by atoms with Crippen LogP contribution < -0.4 is 5.32 Å². The summed E-state index contributed by atoms with van der Waals surface area (Å²) >= 11 is 0. The first-order valence-electron chi connectivity index (χ1n) is 5.50. The molecular formula is C11H23NO. The molecule has 0 radical (unpaired) electrons. The lowest BCUT2D eigenvalue weighted by Crippen LogP contribution is -2.50. The summed E-state index contributed by atoms with van der Waals surface area (Å²) in [6, 6.07) is 0.525. The first kappa shape index (κ1) is 11.0. The fourth-order valence-electron chi connectivity index (χ4n) is 2.34. The molecule has 2 nitrogen and oxygen atoms in total. The van der Waals surface area contributed by atoms with Crippen LogP contribution in [0.4, 0.5) is 0 Å². The molecule has 0 amide bonds. The number of nitrogens with one attached hydrogen (secondary N) is 1. The number of hydrogen-bond acceptors (Lipinski definition) is 2. The van der Waals surface area contributed by atoms with Crippen molar-refractivity contribution in [2.24, 2.45) is 5.92 Å². The van der Waals surface area contributed by atoms with Crippen LogP contribution in [-0.2, 0) is 0 Å². The lowest BCUT2D eigenvalue weighted by Gasteiger charge is -2.32. The van der Waals surface area contributed by atoms with Gasteiger partial charge in [0, 0.05) is 11.6 Å². The largest absolute Gasteiger partial charge is 0.394 e. The standard InChI is InChI=1S/C11H23NO/c1-4-10(3)12-11(8-13)6-5-9(2)7-11/h9-10,12-13H,4-8H2,1-3H3. The van der Waals surface area contributed by atoms with Crippen LogP contribution in [0.25, 0.3) is 0 Å². The third-order valence-electron chi connectivity index (χ3n) is 3.32. The Hall–Kier alpha value is -0.0800. The molecule has 3 atom stereocenters. The molecular weight excluding hydrogens is 162 g/mol.